The number of fused-ring (bicyclic) bond motifs is 8. The number of benzene rings is 11. The maximum absolute atomic E-state index is 7.20. The summed E-state index contributed by atoms with van der Waals surface area (Å²) in [6, 6.07) is 91.6. The molecule has 0 saturated carbocycles. The highest BCUT2D eigenvalue weighted by atomic mass is 16.3. The van der Waals surface area contributed by atoms with Crippen molar-refractivity contribution in [3.63, 3.8) is 0 Å². The van der Waals surface area contributed by atoms with E-state index in [9.17, 15) is 0 Å². The average Bonchev–Trinajstić information content (AvgIpc) is 3.97. The summed E-state index contributed by atoms with van der Waals surface area (Å²) in [4.78, 5) is 2.35. The van der Waals surface area contributed by atoms with E-state index in [0.717, 1.165) is 66.9 Å². The molecule has 0 spiro atoms. The van der Waals surface area contributed by atoms with Gasteiger partial charge in [-0.3, -0.25) is 0 Å². The summed E-state index contributed by atoms with van der Waals surface area (Å²) < 4.78 is 9.57. The van der Waals surface area contributed by atoms with Crippen molar-refractivity contribution in [2.45, 2.75) is 0 Å². The van der Waals surface area contributed by atoms with Gasteiger partial charge in [-0.15, -0.1) is 0 Å². The Hall–Kier alpha value is -8.92. The molecule has 0 saturated heterocycles. The van der Waals surface area contributed by atoms with Crippen LogP contribution in [0.1, 0.15) is 0 Å². The number of furan rings is 1. The summed E-state index contributed by atoms with van der Waals surface area (Å²) >= 11 is 0. The van der Waals surface area contributed by atoms with Crippen LogP contribution < -0.4 is 4.90 Å². The lowest BCUT2D eigenvalue weighted by Gasteiger charge is -2.26. The zero-order valence-corrected chi connectivity index (χ0v) is 36.6. The summed E-state index contributed by atoms with van der Waals surface area (Å²) in [5.74, 6) is 0. The maximum atomic E-state index is 7.20. The first-order valence-electron chi connectivity index (χ1n) is 22.9. The number of hydrogen-bond donors (Lipinski definition) is 0. The van der Waals surface area contributed by atoms with Crippen LogP contribution in [0.3, 0.4) is 0 Å². The molecule has 11 aromatic carbocycles. The Bertz CT molecular complexity index is 3930. The number of hydrogen-bond acceptors (Lipinski definition) is 2. The first-order valence-corrected chi connectivity index (χ1v) is 22.9. The van der Waals surface area contributed by atoms with Gasteiger partial charge in [0.25, 0.3) is 0 Å². The molecule has 3 nitrogen and oxygen atoms in total. The van der Waals surface area contributed by atoms with Gasteiger partial charge >= 0.3 is 0 Å². The molecule has 314 valence electrons. The summed E-state index contributed by atoms with van der Waals surface area (Å²) in [6.45, 7) is 0. The zero-order chi connectivity index (χ0) is 44.3. The van der Waals surface area contributed by atoms with E-state index in [4.69, 9.17) is 4.42 Å². The highest BCUT2D eigenvalue weighted by molar-refractivity contribution is 6.24. The van der Waals surface area contributed by atoms with Gasteiger partial charge in [-0.2, -0.15) is 0 Å². The Labute approximate surface area is 388 Å². The molecule has 0 aliphatic heterocycles. The van der Waals surface area contributed by atoms with Gasteiger partial charge in [0.15, 0.2) is 5.58 Å². The van der Waals surface area contributed by atoms with Crippen molar-refractivity contribution in [1.29, 1.82) is 0 Å². The predicted molar refractivity (Wildman–Crippen MR) is 282 cm³/mol. The molecule has 0 radical (unpaired) electrons. The van der Waals surface area contributed by atoms with Crippen LogP contribution in [0.25, 0.3) is 105 Å². The molecule has 13 aromatic rings. The fourth-order valence-corrected chi connectivity index (χ4v) is 10.2. The first kappa shape index (κ1) is 38.5. The maximum Gasteiger partial charge on any atom is 0.159 e. The highest BCUT2D eigenvalue weighted by Crippen LogP contribution is 2.47. The second kappa shape index (κ2) is 16.0. The average molecular weight is 855 g/mol. The van der Waals surface area contributed by atoms with E-state index >= 15 is 0 Å². The fourth-order valence-electron chi connectivity index (χ4n) is 10.2. The van der Waals surface area contributed by atoms with Crippen LogP contribution in [0.4, 0.5) is 17.1 Å². The summed E-state index contributed by atoms with van der Waals surface area (Å²) in [5, 5.41) is 7.05. The van der Waals surface area contributed by atoms with E-state index in [-0.39, 0.29) is 0 Å². The number of rotatable bonds is 8. The number of anilines is 3. The van der Waals surface area contributed by atoms with Gasteiger partial charge in [0.2, 0.25) is 0 Å². The van der Waals surface area contributed by atoms with Crippen LogP contribution in [-0.2, 0) is 0 Å². The molecule has 0 atom stereocenters. The van der Waals surface area contributed by atoms with E-state index in [0.29, 0.717) is 0 Å². The summed E-state index contributed by atoms with van der Waals surface area (Å²) in [5.41, 5.74) is 17.6. The lowest BCUT2D eigenvalue weighted by atomic mass is 9.96. The van der Waals surface area contributed by atoms with Crippen LogP contribution in [0, 0.1) is 0 Å². The Kier molecular flexibility index (Phi) is 9.17. The molecular formula is C64H42N2O. The topological polar surface area (TPSA) is 21.3 Å². The molecule has 2 heterocycles. The predicted octanol–water partition coefficient (Wildman–Crippen LogP) is 18.0. The normalized spacial score (nSPS) is 11.6. The minimum atomic E-state index is 0.843. The first-order chi connectivity index (χ1) is 33.2. The van der Waals surface area contributed by atoms with Crippen LogP contribution in [0.15, 0.2) is 259 Å². The van der Waals surface area contributed by atoms with Gasteiger partial charge in [-0.25, -0.2) is 0 Å². The molecule has 0 bridgehead atoms. The Morgan fingerprint density at radius 1 is 0.313 bits per heavy atom. The quantitative estimate of drug-likeness (QED) is 0.152. The molecular weight excluding hydrogens is 813 g/mol. The van der Waals surface area contributed by atoms with Crippen molar-refractivity contribution in [3.05, 3.63) is 255 Å². The molecule has 67 heavy (non-hydrogen) atoms. The smallest absolute Gasteiger partial charge is 0.159 e. The SMILES string of the molecule is c1ccc(-c2ccc(-c3ccc(N(c4ccc(-c5ccc6c(c5)c5ccccc5n6-c5ccccc5)cc4)c4cccc5c4oc4c(-c6ccccc6)cc6ccccc6c45)cc3)cc2)cc1. The van der Waals surface area contributed by atoms with Crippen LogP contribution in [0.5, 0.6) is 0 Å². The van der Waals surface area contributed by atoms with Crippen LogP contribution >= 0.6 is 0 Å². The van der Waals surface area contributed by atoms with Crippen LogP contribution in [-0.4, -0.2) is 4.57 Å². The Morgan fingerprint density at radius 3 is 1.48 bits per heavy atom. The van der Waals surface area contributed by atoms with Crippen LogP contribution in [0.2, 0.25) is 0 Å². The molecule has 2 aromatic heterocycles. The van der Waals surface area contributed by atoms with E-state index in [1.54, 1.807) is 0 Å². The molecule has 0 aliphatic rings. The molecule has 0 unspecified atom stereocenters. The van der Waals surface area contributed by atoms with Crippen molar-refractivity contribution in [1.82, 2.24) is 4.57 Å². The van der Waals surface area contributed by atoms with Crippen molar-refractivity contribution >= 4 is 71.6 Å². The standard InChI is InChI=1S/C64H42N2O/c1-4-15-43(16-5-1)44-27-29-45(30-28-44)46-31-36-52(37-32-46)65(61-26-14-24-56-62-54-22-11-10-19-50(54)42-57(64(62)67-63(56)61)48-17-6-2-7-18-48)53-38-33-47(34-39-53)49-35-40-60-58(41-49)55-23-12-13-25-59(55)66(60)51-20-8-3-9-21-51/h1-42H. The van der Waals surface area contributed by atoms with Crippen molar-refractivity contribution < 1.29 is 4.42 Å². The minimum Gasteiger partial charge on any atom is -0.453 e. The van der Waals surface area contributed by atoms with Gasteiger partial charge in [0, 0.05) is 44.2 Å². The number of nitrogens with zero attached hydrogens (tertiary/aromatic N) is 2. The van der Waals surface area contributed by atoms with Crippen molar-refractivity contribution in [2.24, 2.45) is 0 Å². The van der Waals surface area contributed by atoms with Gasteiger partial charge in [-0.1, -0.05) is 188 Å². The monoisotopic (exact) mass is 854 g/mol. The van der Waals surface area contributed by atoms with E-state index in [1.807, 2.05) is 0 Å². The number of para-hydroxylation sites is 3. The third kappa shape index (κ3) is 6.59. The van der Waals surface area contributed by atoms with E-state index in [1.165, 1.54) is 54.8 Å². The lowest BCUT2D eigenvalue weighted by Crippen LogP contribution is -2.10. The van der Waals surface area contributed by atoms with Gasteiger partial charge < -0.3 is 13.9 Å². The zero-order valence-electron chi connectivity index (χ0n) is 36.6. The Morgan fingerprint density at radius 2 is 0.806 bits per heavy atom. The molecule has 0 amide bonds. The summed E-state index contributed by atoms with van der Waals surface area (Å²) in [7, 11) is 0. The second-order valence-corrected chi connectivity index (χ2v) is 17.3. The molecule has 3 heteroatoms. The molecule has 0 N–H and O–H groups in total. The molecule has 13 rings (SSSR count). The third-order valence-electron chi connectivity index (χ3n) is 13.4. The van der Waals surface area contributed by atoms with E-state index < -0.39 is 0 Å². The fraction of sp³-hybridized carbons (Fsp3) is 0. The lowest BCUT2D eigenvalue weighted by molar-refractivity contribution is 0.670. The largest absolute Gasteiger partial charge is 0.453 e. The van der Waals surface area contributed by atoms with Gasteiger partial charge in [-0.05, 0) is 116 Å². The Balaban J connectivity index is 0.953. The minimum absolute atomic E-state index is 0.843. The highest BCUT2D eigenvalue weighted by Gasteiger charge is 2.23. The number of aromatic nitrogens is 1. The van der Waals surface area contributed by atoms with E-state index in [2.05, 4.69) is 264 Å². The van der Waals surface area contributed by atoms with Gasteiger partial charge in [0.05, 0.1) is 16.7 Å². The second-order valence-electron chi connectivity index (χ2n) is 17.3. The van der Waals surface area contributed by atoms with Crippen molar-refractivity contribution in [2.75, 3.05) is 4.90 Å². The summed E-state index contributed by atoms with van der Waals surface area (Å²) in [6.07, 6.45) is 0. The molecule has 0 fully saturated rings. The molecule has 0 aliphatic carbocycles. The van der Waals surface area contributed by atoms with Gasteiger partial charge in [0.1, 0.15) is 5.58 Å². The third-order valence-corrected chi connectivity index (χ3v) is 13.4. The van der Waals surface area contributed by atoms with Crippen molar-refractivity contribution in [3.8, 4) is 50.2 Å².